The van der Waals surface area contributed by atoms with Crippen molar-refractivity contribution in [3.63, 3.8) is 0 Å². The van der Waals surface area contributed by atoms with E-state index in [1.807, 2.05) is 97.1 Å². The lowest BCUT2D eigenvalue weighted by atomic mass is 10.1. The van der Waals surface area contributed by atoms with Gasteiger partial charge in [-0.15, -0.1) is 23.5 Å². The number of rotatable bonds is 8. The maximum Gasteiger partial charge on any atom is 0.173 e. The molecule has 0 unspecified atom stereocenters. The van der Waals surface area contributed by atoms with Crippen molar-refractivity contribution < 1.29 is 9.59 Å². The maximum atomic E-state index is 12.4. The van der Waals surface area contributed by atoms with E-state index in [2.05, 4.69) is 0 Å². The Bertz CT molecular complexity index is 1260. The molecule has 0 fully saturated rings. The van der Waals surface area contributed by atoms with Crippen LogP contribution in [0, 0.1) is 0 Å². The molecule has 4 rings (SSSR count). The number of hydrogen-bond donors (Lipinski definition) is 0. The number of thiocarbonyl (C=S) groups is 2. The summed E-state index contributed by atoms with van der Waals surface area (Å²) in [6.45, 7) is 0. The molecule has 2 nitrogen and oxygen atoms in total. The van der Waals surface area contributed by atoms with Crippen LogP contribution in [-0.2, 0) is 0 Å². The van der Waals surface area contributed by atoms with Gasteiger partial charge >= 0.3 is 0 Å². The lowest BCUT2D eigenvalue weighted by molar-refractivity contribution is 0.101. The molecule has 0 aliphatic rings. The molecular formula is C28H20O2S4. The largest absolute Gasteiger partial charge is 0.293 e. The van der Waals surface area contributed by atoms with Crippen LogP contribution in [0.1, 0.15) is 31.8 Å². The van der Waals surface area contributed by atoms with Crippen molar-refractivity contribution >= 4 is 78.7 Å². The zero-order chi connectivity index (χ0) is 23.9. The van der Waals surface area contributed by atoms with Crippen molar-refractivity contribution in [1.29, 1.82) is 0 Å². The first-order valence-corrected chi connectivity index (χ1v) is 13.3. The Hall–Kier alpha value is -2.64. The van der Waals surface area contributed by atoms with Crippen molar-refractivity contribution in [1.82, 2.24) is 0 Å². The number of benzene rings is 4. The molecule has 168 valence electrons. The molecule has 0 aliphatic heterocycles. The second-order valence-electron chi connectivity index (χ2n) is 7.51. The van der Waals surface area contributed by atoms with E-state index >= 15 is 0 Å². The van der Waals surface area contributed by atoms with Gasteiger partial charge < -0.3 is 0 Å². The minimum absolute atomic E-state index is 0.0649. The summed E-state index contributed by atoms with van der Waals surface area (Å²) in [6, 6.07) is 30.6. The van der Waals surface area contributed by atoms with Gasteiger partial charge in [0.25, 0.3) is 0 Å². The van der Waals surface area contributed by atoms with E-state index in [1.54, 1.807) is 0 Å². The van der Waals surface area contributed by atoms with E-state index in [-0.39, 0.29) is 11.6 Å². The van der Waals surface area contributed by atoms with Crippen LogP contribution in [-0.4, -0.2) is 31.5 Å². The van der Waals surface area contributed by atoms with Crippen molar-refractivity contribution in [2.24, 2.45) is 0 Å². The second-order valence-corrected chi connectivity index (χ2v) is 10.8. The summed E-state index contributed by atoms with van der Waals surface area (Å²) in [6.07, 6.45) is 0. The number of carbonyl (C=O) groups excluding carboxylic acids is 2. The SMILES string of the molecule is O=C(CSC(=S)c1ccc2cc(C(=S)SCC(=O)c3ccccc3)ccc2c1)c1ccccc1. The number of thioether (sulfide) groups is 2. The van der Waals surface area contributed by atoms with E-state index in [0.29, 0.717) is 31.0 Å². The normalized spacial score (nSPS) is 10.7. The van der Waals surface area contributed by atoms with Gasteiger partial charge in [0.05, 0.1) is 19.9 Å². The van der Waals surface area contributed by atoms with Crippen LogP contribution in [0.2, 0.25) is 0 Å². The van der Waals surface area contributed by atoms with Crippen LogP contribution in [0.15, 0.2) is 97.1 Å². The highest BCUT2D eigenvalue weighted by atomic mass is 32.2. The van der Waals surface area contributed by atoms with Gasteiger partial charge in [-0.1, -0.05) is 109 Å². The average molecular weight is 517 g/mol. The van der Waals surface area contributed by atoms with E-state index in [4.69, 9.17) is 24.4 Å². The lowest BCUT2D eigenvalue weighted by Crippen LogP contribution is -2.05. The number of Topliss-reactive ketones (excluding diaryl/α,β-unsaturated/α-hetero) is 2. The summed E-state index contributed by atoms with van der Waals surface area (Å²) in [5, 5.41) is 2.10. The van der Waals surface area contributed by atoms with Gasteiger partial charge in [-0.3, -0.25) is 9.59 Å². The Labute approximate surface area is 218 Å². The predicted molar refractivity (Wildman–Crippen MR) is 154 cm³/mol. The Morgan fingerprint density at radius 3 is 1.29 bits per heavy atom. The summed E-state index contributed by atoms with van der Waals surface area (Å²) < 4.78 is 1.39. The highest BCUT2D eigenvalue weighted by Crippen LogP contribution is 2.24. The monoisotopic (exact) mass is 516 g/mol. The molecule has 0 heterocycles. The van der Waals surface area contributed by atoms with Gasteiger partial charge in [0, 0.05) is 11.1 Å². The zero-order valence-corrected chi connectivity index (χ0v) is 21.4. The number of ketones is 2. The molecule has 0 atom stereocenters. The van der Waals surface area contributed by atoms with Crippen molar-refractivity contribution in [2.45, 2.75) is 0 Å². The molecule has 0 saturated carbocycles. The lowest BCUT2D eigenvalue weighted by Gasteiger charge is -2.08. The molecular weight excluding hydrogens is 497 g/mol. The van der Waals surface area contributed by atoms with Gasteiger partial charge in [0.2, 0.25) is 0 Å². The van der Waals surface area contributed by atoms with Gasteiger partial charge in [-0.25, -0.2) is 0 Å². The Morgan fingerprint density at radius 1 is 0.529 bits per heavy atom. The van der Waals surface area contributed by atoms with Crippen LogP contribution < -0.4 is 0 Å². The Kier molecular flexibility index (Phi) is 8.40. The minimum Gasteiger partial charge on any atom is -0.293 e. The topological polar surface area (TPSA) is 34.1 Å². The molecule has 0 aliphatic carbocycles. The molecule has 0 saturated heterocycles. The first kappa shape index (κ1) is 24.5. The average Bonchev–Trinajstić information content (AvgIpc) is 2.90. The number of carbonyl (C=O) groups is 2. The van der Waals surface area contributed by atoms with Crippen LogP contribution in [0.25, 0.3) is 10.8 Å². The Balaban J connectivity index is 1.38. The van der Waals surface area contributed by atoms with Crippen molar-refractivity contribution in [3.8, 4) is 0 Å². The van der Waals surface area contributed by atoms with E-state index in [9.17, 15) is 9.59 Å². The standard InChI is InChI=1S/C28H20O2S4/c29-25(19-7-3-1-4-8-19)17-33-27(31)23-13-11-22-16-24(14-12-21(22)15-23)28(32)34-18-26(30)20-9-5-2-6-10-20/h1-16H,17-18H2. The minimum atomic E-state index is 0.0649. The first-order valence-electron chi connectivity index (χ1n) is 10.6. The maximum absolute atomic E-state index is 12.4. The van der Waals surface area contributed by atoms with Gasteiger partial charge in [-0.2, -0.15) is 0 Å². The number of fused-ring (bicyclic) bond motifs is 1. The molecule has 0 amide bonds. The molecule has 0 radical (unpaired) electrons. The molecule has 0 spiro atoms. The van der Waals surface area contributed by atoms with Crippen molar-refractivity contribution in [2.75, 3.05) is 11.5 Å². The fourth-order valence-electron chi connectivity index (χ4n) is 3.34. The van der Waals surface area contributed by atoms with E-state index < -0.39 is 0 Å². The summed E-state index contributed by atoms with van der Waals surface area (Å²) >= 11 is 13.9. The van der Waals surface area contributed by atoms with Crippen LogP contribution in [0.3, 0.4) is 0 Å². The molecule has 0 N–H and O–H groups in total. The van der Waals surface area contributed by atoms with Gasteiger partial charge in [0.15, 0.2) is 11.6 Å². The highest BCUT2D eigenvalue weighted by Gasteiger charge is 2.12. The summed E-state index contributed by atoms with van der Waals surface area (Å²) in [7, 11) is 0. The Morgan fingerprint density at radius 2 is 0.912 bits per heavy atom. The molecule has 0 aromatic heterocycles. The third-order valence-corrected chi connectivity index (χ3v) is 8.16. The highest BCUT2D eigenvalue weighted by molar-refractivity contribution is 8.24. The smallest absolute Gasteiger partial charge is 0.173 e. The third-order valence-electron chi connectivity index (χ3n) is 5.17. The predicted octanol–water partition coefficient (Wildman–Crippen LogP) is 7.42. The number of hydrogen-bond acceptors (Lipinski definition) is 6. The third kappa shape index (κ3) is 6.27. The molecule has 0 bridgehead atoms. The van der Waals surface area contributed by atoms with Crippen LogP contribution in [0.4, 0.5) is 0 Å². The quantitative estimate of drug-likeness (QED) is 0.179. The summed E-state index contributed by atoms with van der Waals surface area (Å²) in [4.78, 5) is 24.7. The summed E-state index contributed by atoms with van der Waals surface area (Å²) in [5.41, 5.74) is 3.24. The van der Waals surface area contributed by atoms with Crippen molar-refractivity contribution in [3.05, 3.63) is 119 Å². The van der Waals surface area contributed by atoms with E-state index in [1.165, 1.54) is 23.5 Å². The molecule has 6 heteroatoms. The fraction of sp³-hybridized carbons (Fsp3) is 0.0714. The fourth-order valence-corrected chi connectivity index (χ4v) is 5.40. The second kappa shape index (κ2) is 11.7. The molecule has 4 aromatic carbocycles. The van der Waals surface area contributed by atoms with Crippen LogP contribution in [0.5, 0.6) is 0 Å². The zero-order valence-electron chi connectivity index (χ0n) is 18.1. The molecule has 4 aromatic rings. The van der Waals surface area contributed by atoms with E-state index in [0.717, 1.165) is 21.9 Å². The first-order chi connectivity index (χ1) is 16.5. The molecule has 34 heavy (non-hydrogen) atoms. The van der Waals surface area contributed by atoms with Gasteiger partial charge in [-0.05, 0) is 34.0 Å². The van der Waals surface area contributed by atoms with Crippen LogP contribution >= 0.6 is 48.0 Å². The van der Waals surface area contributed by atoms with Gasteiger partial charge in [0.1, 0.15) is 0 Å². The summed E-state index contributed by atoms with van der Waals surface area (Å²) in [5.74, 6) is 0.755.